The van der Waals surface area contributed by atoms with Gasteiger partial charge in [-0.15, -0.1) is 0 Å². The van der Waals surface area contributed by atoms with E-state index < -0.39 is 41.4 Å². The number of hydrogen-bond donors (Lipinski definition) is 2. The van der Waals surface area contributed by atoms with Gasteiger partial charge in [0.25, 0.3) is 0 Å². The number of halogens is 5. The van der Waals surface area contributed by atoms with E-state index in [0.717, 1.165) is 40.8 Å². The van der Waals surface area contributed by atoms with Gasteiger partial charge in [-0.3, -0.25) is 4.79 Å². The number of rotatable bonds is 7. The zero-order valence-corrected chi connectivity index (χ0v) is 24.3. The van der Waals surface area contributed by atoms with Gasteiger partial charge >= 0.3 is 12.1 Å². The molecule has 3 nitrogen and oxygen atoms in total. The minimum absolute atomic E-state index is 0.00886. The van der Waals surface area contributed by atoms with E-state index >= 15 is 8.78 Å². The fourth-order valence-corrected chi connectivity index (χ4v) is 8.69. The Hall–Kier alpha value is -2.84. The highest BCUT2D eigenvalue weighted by molar-refractivity contribution is 5.93. The fourth-order valence-electron chi connectivity index (χ4n) is 8.69. The summed E-state index contributed by atoms with van der Waals surface area (Å²) in [5.41, 5.74) is 1.43. The number of alkyl halides is 5. The Morgan fingerprint density at radius 3 is 2.35 bits per heavy atom. The molecule has 0 heterocycles. The van der Waals surface area contributed by atoms with Gasteiger partial charge in [-0.1, -0.05) is 67.1 Å². The molecule has 0 amide bonds. The van der Waals surface area contributed by atoms with E-state index in [-0.39, 0.29) is 24.5 Å². The van der Waals surface area contributed by atoms with Crippen molar-refractivity contribution in [2.24, 2.45) is 17.3 Å². The minimum atomic E-state index is -5.85. The SMILES string of the molecule is C[C@]12C[C@H](c3ccc(CNCCc4ccccc4)cc3)C3=C4CCC(=O)C=C4CCC3C1CC[C@@]2(O)C(F)(F)C(F)(F)F. The van der Waals surface area contributed by atoms with Crippen molar-refractivity contribution < 1.29 is 31.9 Å². The van der Waals surface area contributed by atoms with Crippen LogP contribution in [0.1, 0.15) is 74.5 Å². The largest absolute Gasteiger partial charge is 0.456 e. The first-order valence-corrected chi connectivity index (χ1v) is 15.3. The van der Waals surface area contributed by atoms with Crippen LogP contribution in [-0.4, -0.2) is 35.1 Å². The Balaban J connectivity index is 1.32. The fraction of sp³-hybridized carbons (Fsp3) is 0.514. The molecule has 4 aliphatic carbocycles. The van der Waals surface area contributed by atoms with E-state index in [0.29, 0.717) is 32.2 Å². The lowest BCUT2D eigenvalue weighted by atomic mass is 9.50. The van der Waals surface area contributed by atoms with Gasteiger partial charge in [-0.05, 0) is 97.2 Å². The third-order valence-electron chi connectivity index (χ3n) is 10.9. The molecule has 2 unspecified atom stereocenters. The van der Waals surface area contributed by atoms with Gasteiger partial charge in [-0.2, -0.15) is 22.0 Å². The maximum absolute atomic E-state index is 15.2. The maximum Gasteiger partial charge on any atom is 0.456 e. The second kappa shape index (κ2) is 11.0. The molecule has 5 atom stereocenters. The summed E-state index contributed by atoms with van der Waals surface area (Å²) in [6.45, 7) is 2.89. The summed E-state index contributed by atoms with van der Waals surface area (Å²) < 4.78 is 71.7. The molecule has 2 aromatic rings. The van der Waals surface area contributed by atoms with Crippen molar-refractivity contribution in [3.05, 3.63) is 94.1 Å². The number of allylic oxidation sites excluding steroid dienone is 4. The molecule has 2 N–H and O–H groups in total. The van der Waals surface area contributed by atoms with Crippen molar-refractivity contribution in [2.45, 2.75) is 88.5 Å². The highest BCUT2D eigenvalue weighted by atomic mass is 19.4. The molecule has 4 aliphatic rings. The predicted octanol–water partition coefficient (Wildman–Crippen LogP) is 7.85. The number of aliphatic hydroxyl groups is 1. The van der Waals surface area contributed by atoms with E-state index in [9.17, 15) is 23.1 Å². The maximum atomic E-state index is 15.2. The summed E-state index contributed by atoms with van der Waals surface area (Å²) in [6, 6.07) is 18.0. The predicted molar refractivity (Wildman–Crippen MR) is 155 cm³/mol. The normalized spacial score (nSPS) is 30.9. The molecular formula is C35H38F5NO2. The van der Waals surface area contributed by atoms with Gasteiger partial charge in [0.15, 0.2) is 5.78 Å². The zero-order valence-electron chi connectivity index (χ0n) is 24.3. The van der Waals surface area contributed by atoms with Gasteiger partial charge in [0.1, 0.15) is 5.60 Å². The molecule has 0 radical (unpaired) electrons. The Morgan fingerprint density at radius 2 is 1.65 bits per heavy atom. The molecule has 230 valence electrons. The van der Waals surface area contributed by atoms with Crippen molar-refractivity contribution in [3.63, 3.8) is 0 Å². The first kappa shape index (κ1) is 30.2. The minimum Gasteiger partial charge on any atom is -0.383 e. The van der Waals surface area contributed by atoms with Gasteiger partial charge in [0, 0.05) is 24.3 Å². The molecule has 6 rings (SSSR count). The van der Waals surface area contributed by atoms with Crippen LogP contribution in [0, 0.1) is 17.3 Å². The van der Waals surface area contributed by atoms with Gasteiger partial charge in [0.05, 0.1) is 0 Å². The molecule has 0 bridgehead atoms. The third kappa shape index (κ3) is 4.98. The molecule has 0 spiro atoms. The van der Waals surface area contributed by atoms with Crippen molar-refractivity contribution in [2.75, 3.05) is 6.54 Å². The molecule has 8 heteroatoms. The molecular weight excluding hydrogens is 561 g/mol. The van der Waals surface area contributed by atoms with Gasteiger partial charge < -0.3 is 10.4 Å². The molecule has 2 saturated carbocycles. The second-order valence-corrected chi connectivity index (χ2v) is 13.1. The number of nitrogens with one attached hydrogen (secondary N) is 1. The van der Waals surface area contributed by atoms with Crippen LogP contribution in [0.5, 0.6) is 0 Å². The molecule has 2 aromatic carbocycles. The standard InChI is InChI=1S/C35H38F5NO2/c1-32-20-29(24-9-7-23(8-10-24)21-41-18-16-22-5-3-2-4-6-22)31-27-14-12-26(42)19-25(27)11-13-28(31)30(32)15-17-33(32,43)34(36,37)35(38,39)40/h2-10,19,28-30,41,43H,11-18,20-21H2,1H3/t28?,29-,30?,32+,33+/m1/s1. The van der Waals surface area contributed by atoms with E-state index in [4.69, 9.17) is 0 Å². The Bertz CT molecular complexity index is 1430. The number of fused-ring (bicyclic) bond motifs is 4. The smallest absolute Gasteiger partial charge is 0.383 e. The molecule has 43 heavy (non-hydrogen) atoms. The summed E-state index contributed by atoms with van der Waals surface area (Å²) in [4.78, 5) is 12.3. The van der Waals surface area contributed by atoms with Crippen LogP contribution in [0.3, 0.4) is 0 Å². The Morgan fingerprint density at radius 1 is 0.930 bits per heavy atom. The van der Waals surface area contributed by atoms with E-state index in [1.54, 1.807) is 6.08 Å². The van der Waals surface area contributed by atoms with E-state index in [1.165, 1.54) is 12.5 Å². The quantitative estimate of drug-likeness (QED) is 0.252. The Kier molecular flexibility index (Phi) is 7.69. The van der Waals surface area contributed by atoms with Crippen LogP contribution in [0.2, 0.25) is 0 Å². The van der Waals surface area contributed by atoms with Crippen LogP contribution < -0.4 is 5.32 Å². The van der Waals surface area contributed by atoms with Gasteiger partial charge in [-0.25, -0.2) is 0 Å². The van der Waals surface area contributed by atoms with Crippen molar-refractivity contribution in [1.29, 1.82) is 0 Å². The topological polar surface area (TPSA) is 49.3 Å². The number of hydrogen-bond acceptors (Lipinski definition) is 3. The molecule has 0 aromatic heterocycles. The van der Waals surface area contributed by atoms with Crippen LogP contribution in [0.25, 0.3) is 0 Å². The van der Waals surface area contributed by atoms with Crippen molar-refractivity contribution in [3.8, 4) is 0 Å². The number of carbonyl (C=O) groups is 1. The summed E-state index contributed by atoms with van der Waals surface area (Å²) in [7, 11) is 0. The lowest BCUT2D eigenvalue weighted by Gasteiger charge is -2.56. The highest BCUT2D eigenvalue weighted by Gasteiger charge is 2.79. The lowest BCUT2D eigenvalue weighted by molar-refractivity contribution is -0.362. The number of ketones is 1. The highest BCUT2D eigenvalue weighted by Crippen LogP contribution is 2.70. The number of carbonyl (C=O) groups excluding carboxylic acids is 1. The second-order valence-electron chi connectivity index (χ2n) is 13.1. The van der Waals surface area contributed by atoms with Crippen LogP contribution >= 0.6 is 0 Å². The summed E-state index contributed by atoms with van der Waals surface area (Å²) >= 11 is 0. The van der Waals surface area contributed by atoms with E-state index in [1.807, 2.05) is 42.5 Å². The molecule has 2 fully saturated rings. The van der Waals surface area contributed by atoms with Crippen LogP contribution in [-0.2, 0) is 17.8 Å². The molecule has 0 aliphatic heterocycles. The van der Waals surface area contributed by atoms with Gasteiger partial charge in [0.2, 0.25) is 0 Å². The lowest BCUT2D eigenvalue weighted by Crippen LogP contribution is -2.65. The average Bonchev–Trinajstić information content (AvgIpc) is 3.26. The first-order valence-electron chi connectivity index (χ1n) is 15.3. The summed E-state index contributed by atoms with van der Waals surface area (Å²) in [6.07, 6.45) is -1.67. The van der Waals surface area contributed by atoms with E-state index in [2.05, 4.69) is 17.4 Å². The first-order chi connectivity index (χ1) is 20.4. The summed E-state index contributed by atoms with van der Waals surface area (Å²) in [5.74, 6) is -6.31. The Labute approximate surface area is 249 Å². The van der Waals surface area contributed by atoms with Crippen molar-refractivity contribution in [1.82, 2.24) is 5.32 Å². The van der Waals surface area contributed by atoms with Crippen molar-refractivity contribution >= 4 is 5.78 Å². The monoisotopic (exact) mass is 599 g/mol. The zero-order chi connectivity index (χ0) is 30.6. The molecule has 0 saturated heterocycles. The average molecular weight is 600 g/mol. The van der Waals surface area contributed by atoms with Crippen LogP contribution in [0.4, 0.5) is 22.0 Å². The summed E-state index contributed by atoms with van der Waals surface area (Å²) in [5, 5.41) is 14.9. The number of benzene rings is 2. The third-order valence-corrected chi connectivity index (χ3v) is 10.9. The van der Waals surface area contributed by atoms with Crippen LogP contribution in [0.15, 0.2) is 77.4 Å².